The Balaban J connectivity index is 1.52. The Labute approximate surface area is 172 Å². The first-order valence-electron chi connectivity index (χ1n) is 10.0. The number of aliphatic imine (C=N–C) groups is 1. The van der Waals surface area contributed by atoms with Crippen molar-refractivity contribution in [3.05, 3.63) is 65.0 Å². The van der Waals surface area contributed by atoms with Crippen LogP contribution < -0.4 is 15.4 Å². The van der Waals surface area contributed by atoms with E-state index in [4.69, 9.17) is 9.47 Å². The number of hydrogen-bond acceptors (Lipinski definition) is 3. The van der Waals surface area contributed by atoms with E-state index in [9.17, 15) is 4.39 Å². The van der Waals surface area contributed by atoms with Gasteiger partial charge in [0.15, 0.2) is 17.5 Å². The van der Waals surface area contributed by atoms with Gasteiger partial charge in [-0.3, -0.25) is 4.99 Å². The van der Waals surface area contributed by atoms with E-state index in [1.54, 1.807) is 20.2 Å². The summed E-state index contributed by atoms with van der Waals surface area (Å²) in [5, 5.41) is 6.60. The molecule has 3 rings (SSSR count). The van der Waals surface area contributed by atoms with Gasteiger partial charge in [-0.2, -0.15) is 0 Å². The number of guanidine groups is 1. The van der Waals surface area contributed by atoms with Crippen molar-refractivity contribution >= 4 is 5.96 Å². The van der Waals surface area contributed by atoms with Crippen LogP contribution in [0.4, 0.5) is 4.39 Å². The van der Waals surface area contributed by atoms with Crippen LogP contribution in [0, 0.1) is 11.7 Å². The van der Waals surface area contributed by atoms with E-state index in [0.717, 1.165) is 16.7 Å². The zero-order valence-corrected chi connectivity index (χ0v) is 17.4. The van der Waals surface area contributed by atoms with Crippen LogP contribution in [-0.2, 0) is 17.9 Å². The smallest absolute Gasteiger partial charge is 0.191 e. The summed E-state index contributed by atoms with van der Waals surface area (Å²) in [7, 11) is 3.41. The summed E-state index contributed by atoms with van der Waals surface area (Å²) in [6.45, 7) is 3.83. The van der Waals surface area contributed by atoms with Crippen molar-refractivity contribution in [3.8, 4) is 5.75 Å². The fourth-order valence-electron chi connectivity index (χ4n) is 2.98. The molecule has 0 aromatic heterocycles. The molecule has 29 heavy (non-hydrogen) atoms. The molecule has 2 aromatic carbocycles. The molecular formula is C23H30FN3O2. The Bertz CT molecular complexity index is 819. The highest BCUT2D eigenvalue weighted by atomic mass is 19.1. The van der Waals surface area contributed by atoms with Crippen molar-refractivity contribution in [1.82, 2.24) is 10.6 Å². The fraction of sp³-hybridized carbons (Fsp3) is 0.435. The molecule has 156 valence electrons. The lowest BCUT2D eigenvalue weighted by Gasteiger charge is -2.19. The molecule has 1 unspecified atom stereocenters. The van der Waals surface area contributed by atoms with Gasteiger partial charge in [0.1, 0.15) is 0 Å². The van der Waals surface area contributed by atoms with Gasteiger partial charge in [0, 0.05) is 20.7 Å². The largest absolute Gasteiger partial charge is 0.490 e. The molecular weight excluding hydrogens is 369 g/mol. The quantitative estimate of drug-likeness (QED) is 0.490. The number of rotatable bonds is 9. The molecule has 0 amide bonds. The summed E-state index contributed by atoms with van der Waals surface area (Å²) in [6, 6.07) is 13.3. The zero-order valence-electron chi connectivity index (χ0n) is 17.4. The Hall–Kier alpha value is -2.60. The first kappa shape index (κ1) is 21.1. The average Bonchev–Trinajstić information content (AvgIpc) is 3.55. The highest BCUT2D eigenvalue weighted by Gasteiger charge is 2.22. The summed E-state index contributed by atoms with van der Waals surface area (Å²) >= 11 is 0. The van der Waals surface area contributed by atoms with Gasteiger partial charge in [0.25, 0.3) is 0 Å². The number of methoxy groups -OCH3 is 1. The SMILES string of the molecule is CN=C(NCc1ccc(COC)cc1)NC(C)c1ccc(OCC2CC2)c(F)c1. The van der Waals surface area contributed by atoms with Crippen LogP contribution in [-0.4, -0.2) is 26.7 Å². The van der Waals surface area contributed by atoms with E-state index in [-0.39, 0.29) is 11.9 Å². The van der Waals surface area contributed by atoms with Crippen LogP contribution >= 0.6 is 0 Å². The summed E-state index contributed by atoms with van der Waals surface area (Å²) < 4.78 is 25.1. The molecule has 0 saturated heterocycles. The minimum absolute atomic E-state index is 0.0998. The first-order valence-corrected chi connectivity index (χ1v) is 10.0. The number of ether oxygens (including phenoxy) is 2. The lowest BCUT2D eigenvalue weighted by molar-refractivity contribution is 0.185. The van der Waals surface area contributed by atoms with Crippen molar-refractivity contribution in [1.29, 1.82) is 0 Å². The molecule has 6 heteroatoms. The van der Waals surface area contributed by atoms with Gasteiger partial charge in [-0.05, 0) is 54.5 Å². The monoisotopic (exact) mass is 399 g/mol. The molecule has 2 aromatic rings. The number of nitrogens with one attached hydrogen (secondary N) is 2. The van der Waals surface area contributed by atoms with Crippen molar-refractivity contribution < 1.29 is 13.9 Å². The lowest BCUT2D eigenvalue weighted by Crippen LogP contribution is -2.38. The number of benzene rings is 2. The summed E-state index contributed by atoms with van der Waals surface area (Å²) in [4.78, 5) is 4.27. The fourth-order valence-corrected chi connectivity index (χ4v) is 2.98. The van der Waals surface area contributed by atoms with Crippen LogP contribution in [0.15, 0.2) is 47.5 Å². The number of nitrogens with zero attached hydrogens (tertiary/aromatic N) is 1. The van der Waals surface area contributed by atoms with E-state index in [2.05, 4.69) is 39.9 Å². The minimum atomic E-state index is -0.323. The molecule has 0 bridgehead atoms. The maximum atomic E-state index is 14.3. The summed E-state index contributed by atoms with van der Waals surface area (Å²) in [5.74, 6) is 1.26. The lowest BCUT2D eigenvalue weighted by atomic mass is 10.1. The van der Waals surface area contributed by atoms with Crippen molar-refractivity contribution in [2.24, 2.45) is 10.9 Å². The molecule has 1 aliphatic rings. The molecule has 2 N–H and O–H groups in total. The second kappa shape index (κ2) is 10.3. The predicted molar refractivity (Wildman–Crippen MR) is 114 cm³/mol. The van der Waals surface area contributed by atoms with E-state index in [1.807, 2.05) is 13.0 Å². The molecule has 0 aliphatic heterocycles. The van der Waals surface area contributed by atoms with Crippen molar-refractivity contribution in [3.63, 3.8) is 0 Å². The third kappa shape index (κ3) is 6.46. The van der Waals surface area contributed by atoms with Gasteiger partial charge in [-0.1, -0.05) is 30.3 Å². The van der Waals surface area contributed by atoms with Gasteiger partial charge in [-0.25, -0.2) is 4.39 Å². The number of hydrogen-bond donors (Lipinski definition) is 2. The molecule has 0 spiro atoms. The molecule has 1 atom stereocenters. The molecule has 5 nitrogen and oxygen atoms in total. The highest BCUT2D eigenvalue weighted by molar-refractivity contribution is 5.80. The van der Waals surface area contributed by atoms with Gasteiger partial charge in [-0.15, -0.1) is 0 Å². The van der Waals surface area contributed by atoms with Crippen molar-refractivity contribution in [2.45, 2.75) is 39.0 Å². The molecule has 1 aliphatic carbocycles. The standard InChI is InChI=1S/C23H30FN3O2/c1-16(20-10-11-22(21(24)12-20)29-15-19-8-9-19)27-23(25-2)26-13-17-4-6-18(7-5-17)14-28-3/h4-7,10-12,16,19H,8-9,13-15H2,1-3H3,(H2,25,26,27). The maximum Gasteiger partial charge on any atom is 0.191 e. The molecule has 1 saturated carbocycles. The zero-order chi connectivity index (χ0) is 20.6. The Morgan fingerprint density at radius 2 is 1.90 bits per heavy atom. The Morgan fingerprint density at radius 1 is 1.17 bits per heavy atom. The van der Waals surface area contributed by atoms with Crippen LogP contribution in [0.2, 0.25) is 0 Å². The third-order valence-electron chi connectivity index (χ3n) is 5.00. The topological polar surface area (TPSA) is 54.9 Å². The van der Waals surface area contributed by atoms with Gasteiger partial charge < -0.3 is 20.1 Å². The van der Waals surface area contributed by atoms with Gasteiger partial charge in [0.2, 0.25) is 0 Å². The molecule has 0 heterocycles. The molecule has 1 fully saturated rings. The van der Waals surface area contributed by atoms with Crippen LogP contribution in [0.5, 0.6) is 5.75 Å². The molecule has 0 radical (unpaired) electrons. The van der Waals surface area contributed by atoms with Crippen LogP contribution in [0.1, 0.15) is 42.5 Å². The number of halogens is 1. The van der Waals surface area contributed by atoms with E-state index >= 15 is 0 Å². The second-order valence-corrected chi connectivity index (χ2v) is 7.49. The van der Waals surface area contributed by atoms with Crippen LogP contribution in [0.25, 0.3) is 0 Å². The Kier molecular flexibility index (Phi) is 7.47. The minimum Gasteiger partial charge on any atom is -0.490 e. The Morgan fingerprint density at radius 3 is 2.52 bits per heavy atom. The highest BCUT2D eigenvalue weighted by Crippen LogP contribution is 2.30. The first-order chi connectivity index (χ1) is 14.1. The van der Waals surface area contributed by atoms with E-state index < -0.39 is 0 Å². The normalized spacial score (nSPS) is 15.1. The average molecular weight is 400 g/mol. The van der Waals surface area contributed by atoms with E-state index in [1.165, 1.54) is 18.9 Å². The van der Waals surface area contributed by atoms with Crippen molar-refractivity contribution in [2.75, 3.05) is 20.8 Å². The maximum absolute atomic E-state index is 14.3. The predicted octanol–water partition coefficient (Wildman–Crippen LogP) is 4.19. The van der Waals surface area contributed by atoms with Gasteiger partial charge >= 0.3 is 0 Å². The summed E-state index contributed by atoms with van der Waals surface area (Å²) in [6.07, 6.45) is 2.37. The second-order valence-electron chi connectivity index (χ2n) is 7.49. The van der Waals surface area contributed by atoms with Crippen LogP contribution in [0.3, 0.4) is 0 Å². The third-order valence-corrected chi connectivity index (χ3v) is 5.00. The van der Waals surface area contributed by atoms with E-state index in [0.29, 0.717) is 37.4 Å². The summed E-state index contributed by atoms with van der Waals surface area (Å²) in [5.41, 5.74) is 3.12. The van der Waals surface area contributed by atoms with Gasteiger partial charge in [0.05, 0.1) is 19.3 Å².